The molecule has 1 N–H and O–H groups in total. The lowest BCUT2D eigenvalue weighted by atomic mass is 9.55. The standard InChI is InChI=1S/C15H25N3O2/c1-3-19-13-9-12(15(13)7-5-4-6-8-15)16-10-14-17-11(2)18-20-14/h12-13,16H,3-10H2,1-2H3. The van der Waals surface area contributed by atoms with Gasteiger partial charge in [0.25, 0.3) is 0 Å². The van der Waals surface area contributed by atoms with E-state index in [1.54, 1.807) is 0 Å². The van der Waals surface area contributed by atoms with Crippen LogP contribution in [0.15, 0.2) is 4.52 Å². The second kappa shape index (κ2) is 5.82. The molecule has 0 bridgehead atoms. The third kappa shape index (κ3) is 2.49. The first-order valence-corrected chi connectivity index (χ1v) is 7.89. The first kappa shape index (κ1) is 14.0. The second-order valence-electron chi connectivity index (χ2n) is 6.14. The van der Waals surface area contributed by atoms with Crippen LogP contribution in [0.25, 0.3) is 0 Å². The summed E-state index contributed by atoms with van der Waals surface area (Å²) in [4.78, 5) is 4.26. The van der Waals surface area contributed by atoms with Crippen LogP contribution in [0, 0.1) is 12.3 Å². The Bertz CT molecular complexity index is 440. The molecule has 2 aliphatic carbocycles. The van der Waals surface area contributed by atoms with E-state index >= 15 is 0 Å². The monoisotopic (exact) mass is 279 g/mol. The molecule has 0 radical (unpaired) electrons. The van der Waals surface area contributed by atoms with Gasteiger partial charge in [-0.25, -0.2) is 0 Å². The average molecular weight is 279 g/mol. The maximum atomic E-state index is 5.97. The highest BCUT2D eigenvalue weighted by Gasteiger charge is 2.55. The lowest BCUT2D eigenvalue weighted by molar-refractivity contribution is -0.150. The molecule has 2 atom stereocenters. The quantitative estimate of drug-likeness (QED) is 0.897. The van der Waals surface area contributed by atoms with Crippen LogP contribution >= 0.6 is 0 Å². The van der Waals surface area contributed by atoms with E-state index in [9.17, 15) is 0 Å². The molecule has 0 aromatic carbocycles. The van der Waals surface area contributed by atoms with E-state index in [1.807, 2.05) is 6.92 Å². The summed E-state index contributed by atoms with van der Waals surface area (Å²) in [6, 6.07) is 0.534. The zero-order valence-corrected chi connectivity index (χ0v) is 12.5. The largest absolute Gasteiger partial charge is 0.378 e. The maximum Gasteiger partial charge on any atom is 0.240 e. The van der Waals surface area contributed by atoms with Gasteiger partial charge in [-0.1, -0.05) is 24.4 Å². The molecule has 5 heteroatoms. The van der Waals surface area contributed by atoms with Gasteiger partial charge in [-0.05, 0) is 33.1 Å². The molecule has 2 fully saturated rings. The fourth-order valence-electron chi connectivity index (χ4n) is 3.97. The molecule has 2 aliphatic rings. The molecule has 0 aliphatic heterocycles. The van der Waals surface area contributed by atoms with Gasteiger partial charge in [0.05, 0.1) is 12.6 Å². The summed E-state index contributed by atoms with van der Waals surface area (Å²) >= 11 is 0. The zero-order valence-electron chi connectivity index (χ0n) is 12.5. The van der Waals surface area contributed by atoms with Crippen molar-refractivity contribution < 1.29 is 9.26 Å². The summed E-state index contributed by atoms with van der Waals surface area (Å²) in [6.45, 7) is 5.44. The number of aryl methyl sites for hydroxylation is 1. The summed E-state index contributed by atoms with van der Waals surface area (Å²) in [5.74, 6) is 1.39. The maximum absolute atomic E-state index is 5.97. The van der Waals surface area contributed by atoms with E-state index in [0.29, 0.717) is 35.8 Å². The lowest BCUT2D eigenvalue weighted by Gasteiger charge is -2.57. The fraction of sp³-hybridized carbons (Fsp3) is 0.867. The molecule has 1 aromatic rings. The molecule has 0 saturated heterocycles. The smallest absolute Gasteiger partial charge is 0.240 e. The van der Waals surface area contributed by atoms with Crippen LogP contribution in [0.2, 0.25) is 0 Å². The Morgan fingerprint density at radius 2 is 2.15 bits per heavy atom. The van der Waals surface area contributed by atoms with Crippen molar-refractivity contribution in [1.82, 2.24) is 15.5 Å². The van der Waals surface area contributed by atoms with E-state index in [1.165, 1.54) is 32.1 Å². The Balaban J connectivity index is 1.61. The van der Waals surface area contributed by atoms with Crippen LogP contribution in [-0.4, -0.2) is 28.9 Å². The predicted octanol–water partition coefficient (Wildman–Crippen LogP) is 2.60. The molecule has 1 aromatic heterocycles. The zero-order chi connectivity index (χ0) is 14.0. The summed E-state index contributed by atoms with van der Waals surface area (Å²) < 4.78 is 11.1. The van der Waals surface area contributed by atoms with Gasteiger partial charge in [0.1, 0.15) is 0 Å². The highest BCUT2D eigenvalue weighted by atomic mass is 16.5. The van der Waals surface area contributed by atoms with Gasteiger partial charge >= 0.3 is 0 Å². The van der Waals surface area contributed by atoms with Gasteiger partial charge in [-0.2, -0.15) is 4.98 Å². The van der Waals surface area contributed by atoms with Gasteiger partial charge in [-0.3, -0.25) is 0 Å². The molecular formula is C15H25N3O2. The number of ether oxygens (including phenoxy) is 1. The molecule has 20 heavy (non-hydrogen) atoms. The number of hydrogen-bond donors (Lipinski definition) is 1. The van der Waals surface area contributed by atoms with Crippen molar-refractivity contribution in [1.29, 1.82) is 0 Å². The minimum Gasteiger partial charge on any atom is -0.378 e. The van der Waals surface area contributed by atoms with Crippen molar-refractivity contribution in [3.05, 3.63) is 11.7 Å². The van der Waals surface area contributed by atoms with E-state index in [-0.39, 0.29) is 0 Å². The first-order valence-electron chi connectivity index (χ1n) is 7.89. The van der Waals surface area contributed by atoms with Crippen LogP contribution < -0.4 is 5.32 Å². The topological polar surface area (TPSA) is 60.2 Å². The first-order chi connectivity index (χ1) is 9.74. The van der Waals surface area contributed by atoms with Crippen LogP contribution in [0.5, 0.6) is 0 Å². The van der Waals surface area contributed by atoms with E-state index in [2.05, 4.69) is 22.4 Å². The third-order valence-electron chi connectivity index (χ3n) is 5.01. The van der Waals surface area contributed by atoms with Crippen molar-refractivity contribution in [3.8, 4) is 0 Å². The Labute approximate surface area is 120 Å². The van der Waals surface area contributed by atoms with Crippen molar-refractivity contribution in [2.45, 2.75) is 71.1 Å². The lowest BCUT2D eigenvalue weighted by Crippen LogP contribution is -2.64. The molecule has 5 nitrogen and oxygen atoms in total. The number of aromatic nitrogens is 2. The van der Waals surface area contributed by atoms with Gasteiger partial charge in [0.15, 0.2) is 5.82 Å². The fourth-order valence-corrected chi connectivity index (χ4v) is 3.97. The van der Waals surface area contributed by atoms with Gasteiger partial charge in [0.2, 0.25) is 5.89 Å². The van der Waals surface area contributed by atoms with Crippen LogP contribution in [-0.2, 0) is 11.3 Å². The third-order valence-corrected chi connectivity index (χ3v) is 5.01. The van der Waals surface area contributed by atoms with Crippen molar-refractivity contribution >= 4 is 0 Å². The van der Waals surface area contributed by atoms with Gasteiger partial charge < -0.3 is 14.6 Å². The summed E-state index contributed by atoms with van der Waals surface area (Å²) in [5, 5.41) is 7.46. The Hall–Kier alpha value is -0.940. The van der Waals surface area contributed by atoms with Gasteiger partial charge in [0, 0.05) is 18.1 Å². The van der Waals surface area contributed by atoms with Crippen LogP contribution in [0.1, 0.15) is 57.2 Å². The molecule has 112 valence electrons. The summed E-state index contributed by atoms with van der Waals surface area (Å²) in [6.07, 6.45) is 8.17. The molecule has 2 unspecified atom stereocenters. The molecule has 1 heterocycles. The normalized spacial score (nSPS) is 28.5. The van der Waals surface area contributed by atoms with E-state index in [0.717, 1.165) is 13.0 Å². The molecule has 2 saturated carbocycles. The Kier molecular flexibility index (Phi) is 4.08. The minimum absolute atomic E-state index is 0.351. The van der Waals surface area contributed by atoms with E-state index in [4.69, 9.17) is 9.26 Å². The molecule has 3 rings (SSSR count). The summed E-state index contributed by atoms with van der Waals surface area (Å²) in [5.41, 5.74) is 0.351. The van der Waals surface area contributed by atoms with E-state index < -0.39 is 0 Å². The number of nitrogens with one attached hydrogen (secondary N) is 1. The molecule has 0 amide bonds. The number of nitrogens with zero attached hydrogens (tertiary/aromatic N) is 2. The molecular weight excluding hydrogens is 254 g/mol. The minimum atomic E-state index is 0.351. The molecule has 1 spiro atoms. The van der Waals surface area contributed by atoms with Gasteiger partial charge in [-0.15, -0.1) is 0 Å². The van der Waals surface area contributed by atoms with Crippen molar-refractivity contribution in [2.24, 2.45) is 5.41 Å². The SMILES string of the molecule is CCOC1CC(NCc2nc(C)no2)C12CCCCC2. The Morgan fingerprint density at radius 3 is 2.80 bits per heavy atom. The highest BCUT2D eigenvalue weighted by Crippen LogP contribution is 2.53. The van der Waals surface area contributed by atoms with Crippen molar-refractivity contribution in [3.63, 3.8) is 0 Å². The average Bonchev–Trinajstić information content (AvgIpc) is 2.88. The summed E-state index contributed by atoms with van der Waals surface area (Å²) in [7, 11) is 0. The predicted molar refractivity (Wildman–Crippen MR) is 75.2 cm³/mol. The Morgan fingerprint density at radius 1 is 1.35 bits per heavy atom. The van der Waals surface area contributed by atoms with Crippen molar-refractivity contribution in [2.75, 3.05) is 6.61 Å². The van der Waals surface area contributed by atoms with Crippen LogP contribution in [0.3, 0.4) is 0 Å². The number of hydrogen-bond acceptors (Lipinski definition) is 5. The second-order valence-corrected chi connectivity index (χ2v) is 6.14. The highest BCUT2D eigenvalue weighted by molar-refractivity contribution is 5.09. The van der Waals surface area contributed by atoms with Crippen LogP contribution in [0.4, 0.5) is 0 Å². The number of rotatable bonds is 5.